The first-order valence-corrected chi connectivity index (χ1v) is 11.0. The highest BCUT2D eigenvalue weighted by Gasteiger charge is 2.38. The smallest absolute Gasteiger partial charge is 0.255 e. The number of nitrogens with zero attached hydrogens (tertiary/aromatic N) is 2. The van der Waals surface area contributed by atoms with E-state index in [0.29, 0.717) is 18.0 Å². The highest BCUT2D eigenvalue weighted by Crippen LogP contribution is 2.28. The highest BCUT2D eigenvalue weighted by molar-refractivity contribution is 6.01. The average Bonchev–Trinajstić information content (AvgIpc) is 3.29. The lowest BCUT2D eigenvalue weighted by atomic mass is 9.99. The number of rotatable bonds is 7. The summed E-state index contributed by atoms with van der Waals surface area (Å²) in [6, 6.07) is 14.7. The van der Waals surface area contributed by atoms with E-state index < -0.39 is 6.04 Å². The molecule has 0 saturated heterocycles. The number of carbonyl (C=O) groups is 2. The van der Waals surface area contributed by atoms with E-state index in [9.17, 15) is 9.59 Å². The van der Waals surface area contributed by atoms with Gasteiger partial charge in [0, 0.05) is 12.1 Å². The molecule has 4 rings (SSSR count). The van der Waals surface area contributed by atoms with E-state index in [0.717, 1.165) is 28.8 Å². The maximum atomic E-state index is 13.5. The van der Waals surface area contributed by atoms with Crippen molar-refractivity contribution in [3.05, 3.63) is 65.5 Å². The number of aromatic nitrogens is 2. The van der Waals surface area contributed by atoms with Gasteiger partial charge in [0.15, 0.2) is 0 Å². The average molecular weight is 419 g/mol. The van der Waals surface area contributed by atoms with Crippen LogP contribution in [0.3, 0.4) is 0 Å². The summed E-state index contributed by atoms with van der Waals surface area (Å²) in [6.07, 6.45) is 0.755. The lowest BCUT2D eigenvalue weighted by Crippen LogP contribution is -2.51. The Morgan fingerprint density at radius 2 is 1.81 bits per heavy atom. The van der Waals surface area contributed by atoms with Crippen molar-refractivity contribution in [1.82, 2.24) is 20.2 Å². The van der Waals surface area contributed by atoms with E-state index >= 15 is 0 Å². The lowest BCUT2D eigenvalue weighted by Gasteiger charge is -2.31. The standard InChI is InChI=1S/C25H30N4O2/c1-15(2)13-21(23-26-19-11-7-8-12-20(19)27-23)28-24(30)22(16(3)4)29-14-17-9-5-6-10-18(17)25(29)31/h5-12,15-16,21-22H,13-14H2,1-4H3,(H,26,27)(H,28,30). The molecule has 31 heavy (non-hydrogen) atoms. The summed E-state index contributed by atoms with van der Waals surface area (Å²) in [4.78, 5) is 36.3. The molecule has 0 bridgehead atoms. The van der Waals surface area contributed by atoms with Crippen molar-refractivity contribution in [2.24, 2.45) is 11.8 Å². The third-order valence-electron chi connectivity index (χ3n) is 5.85. The van der Waals surface area contributed by atoms with Crippen molar-refractivity contribution in [3.8, 4) is 0 Å². The Morgan fingerprint density at radius 1 is 1.10 bits per heavy atom. The number of para-hydroxylation sites is 2. The third kappa shape index (κ3) is 4.20. The predicted octanol–water partition coefficient (Wildman–Crippen LogP) is 4.45. The van der Waals surface area contributed by atoms with E-state index in [1.165, 1.54) is 0 Å². The van der Waals surface area contributed by atoms with Gasteiger partial charge in [-0.05, 0) is 42.0 Å². The first-order chi connectivity index (χ1) is 14.8. The Kier molecular flexibility index (Phi) is 5.81. The van der Waals surface area contributed by atoms with Crippen LogP contribution >= 0.6 is 0 Å². The molecule has 162 valence electrons. The van der Waals surface area contributed by atoms with Crippen LogP contribution in [0.25, 0.3) is 11.0 Å². The number of benzene rings is 2. The summed E-state index contributed by atoms with van der Waals surface area (Å²) in [7, 11) is 0. The summed E-state index contributed by atoms with van der Waals surface area (Å²) in [5.74, 6) is 0.889. The molecule has 2 amide bonds. The maximum Gasteiger partial charge on any atom is 0.255 e. The van der Waals surface area contributed by atoms with Gasteiger partial charge in [0.2, 0.25) is 5.91 Å². The monoisotopic (exact) mass is 418 g/mol. The Labute approximate surface area is 183 Å². The molecule has 0 radical (unpaired) electrons. The van der Waals surface area contributed by atoms with Gasteiger partial charge in [-0.1, -0.05) is 58.0 Å². The fourth-order valence-electron chi connectivity index (χ4n) is 4.41. The minimum absolute atomic E-state index is 0.0198. The van der Waals surface area contributed by atoms with Crippen LogP contribution in [0.5, 0.6) is 0 Å². The summed E-state index contributed by atoms with van der Waals surface area (Å²) in [6.45, 7) is 8.69. The zero-order chi connectivity index (χ0) is 22.1. The van der Waals surface area contributed by atoms with E-state index in [2.05, 4.69) is 24.1 Å². The normalized spacial score (nSPS) is 15.5. The van der Waals surface area contributed by atoms with Gasteiger partial charge < -0.3 is 15.2 Å². The first kappa shape index (κ1) is 21.1. The number of hydrogen-bond acceptors (Lipinski definition) is 3. The van der Waals surface area contributed by atoms with Crippen LogP contribution < -0.4 is 5.32 Å². The number of imidazole rings is 1. The van der Waals surface area contributed by atoms with Crippen LogP contribution in [0.1, 0.15) is 61.9 Å². The molecule has 1 aliphatic heterocycles. The number of fused-ring (bicyclic) bond motifs is 2. The fourth-order valence-corrected chi connectivity index (χ4v) is 4.41. The van der Waals surface area contributed by atoms with Crippen molar-refractivity contribution in [2.75, 3.05) is 0 Å². The number of hydrogen-bond donors (Lipinski definition) is 2. The zero-order valence-corrected chi connectivity index (χ0v) is 18.6. The van der Waals surface area contributed by atoms with Crippen LogP contribution in [0.4, 0.5) is 0 Å². The SMILES string of the molecule is CC(C)CC(NC(=O)C(C(C)C)N1Cc2ccccc2C1=O)c1nc2ccccc2[nH]1. The second kappa shape index (κ2) is 8.53. The van der Waals surface area contributed by atoms with Crippen LogP contribution in [-0.2, 0) is 11.3 Å². The van der Waals surface area contributed by atoms with Crippen molar-refractivity contribution in [3.63, 3.8) is 0 Å². The number of carbonyl (C=O) groups excluding carboxylic acids is 2. The lowest BCUT2D eigenvalue weighted by molar-refractivity contribution is -0.128. The number of aromatic amines is 1. The van der Waals surface area contributed by atoms with Crippen molar-refractivity contribution < 1.29 is 9.59 Å². The van der Waals surface area contributed by atoms with E-state index in [4.69, 9.17) is 4.98 Å². The van der Waals surface area contributed by atoms with Gasteiger partial charge in [0.1, 0.15) is 11.9 Å². The van der Waals surface area contributed by atoms with Gasteiger partial charge in [0.05, 0.1) is 17.1 Å². The molecule has 0 saturated carbocycles. The molecule has 2 heterocycles. The van der Waals surface area contributed by atoms with Crippen LogP contribution in [0, 0.1) is 11.8 Å². The van der Waals surface area contributed by atoms with Crippen LogP contribution in [0.2, 0.25) is 0 Å². The van der Waals surface area contributed by atoms with Crippen molar-refractivity contribution in [1.29, 1.82) is 0 Å². The Bertz CT molecular complexity index is 1070. The first-order valence-electron chi connectivity index (χ1n) is 11.0. The minimum atomic E-state index is -0.543. The molecule has 0 fully saturated rings. The second-order valence-corrected chi connectivity index (χ2v) is 9.11. The molecular formula is C25H30N4O2. The summed E-state index contributed by atoms with van der Waals surface area (Å²) >= 11 is 0. The highest BCUT2D eigenvalue weighted by atomic mass is 16.2. The molecule has 1 aromatic heterocycles. The molecule has 2 unspecified atom stereocenters. The van der Waals surface area contributed by atoms with Crippen molar-refractivity contribution >= 4 is 22.8 Å². The van der Waals surface area contributed by atoms with E-state index in [1.807, 2.05) is 62.4 Å². The van der Waals surface area contributed by atoms with E-state index in [-0.39, 0.29) is 23.8 Å². The molecule has 2 aromatic carbocycles. The Hall–Kier alpha value is -3.15. The second-order valence-electron chi connectivity index (χ2n) is 9.11. The van der Waals surface area contributed by atoms with E-state index in [1.54, 1.807) is 4.90 Å². The molecule has 6 nitrogen and oxygen atoms in total. The van der Waals surface area contributed by atoms with Gasteiger partial charge >= 0.3 is 0 Å². The van der Waals surface area contributed by atoms with Gasteiger partial charge in [-0.25, -0.2) is 4.98 Å². The molecule has 3 aromatic rings. The fraction of sp³-hybridized carbons (Fsp3) is 0.400. The Morgan fingerprint density at radius 3 is 2.48 bits per heavy atom. The summed E-state index contributed by atoms with van der Waals surface area (Å²) in [5.41, 5.74) is 3.50. The number of amides is 2. The molecule has 2 atom stereocenters. The van der Waals surface area contributed by atoms with Crippen LogP contribution in [0.15, 0.2) is 48.5 Å². The maximum absolute atomic E-state index is 13.5. The molecule has 1 aliphatic rings. The number of nitrogens with one attached hydrogen (secondary N) is 2. The predicted molar refractivity (Wildman–Crippen MR) is 121 cm³/mol. The minimum Gasteiger partial charge on any atom is -0.344 e. The third-order valence-corrected chi connectivity index (χ3v) is 5.85. The largest absolute Gasteiger partial charge is 0.344 e. The molecule has 2 N–H and O–H groups in total. The molecule has 0 spiro atoms. The molecule has 0 aliphatic carbocycles. The topological polar surface area (TPSA) is 78.1 Å². The van der Waals surface area contributed by atoms with Gasteiger partial charge in [-0.3, -0.25) is 9.59 Å². The summed E-state index contributed by atoms with van der Waals surface area (Å²) in [5, 5.41) is 3.20. The molecule has 6 heteroatoms. The quantitative estimate of drug-likeness (QED) is 0.595. The Balaban J connectivity index is 1.59. The van der Waals surface area contributed by atoms with Crippen molar-refractivity contribution in [2.45, 2.75) is 52.7 Å². The van der Waals surface area contributed by atoms with Gasteiger partial charge in [0.25, 0.3) is 5.91 Å². The molecular weight excluding hydrogens is 388 g/mol. The van der Waals surface area contributed by atoms with Gasteiger partial charge in [-0.15, -0.1) is 0 Å². The zero-order valence-electron chi connectivity index (χ0n) is 18.6. The van der Waals surface area contributed by atoms with Crippen LogP contribution in [-0.4, -0.2) is 32.7 Å². The number of H-pyrrole nitrogens is 1. The summed E-state index contributed by atoms with van der Waals surface area (Å²) < 4.78 is 0. The van der Waals surface area contributed by atoms with Gasteiger partial charge in [-0.2, -0.15) is 0 Å².